The molecule has 1 amide bonds. The molecule has 0 aromatic carbocycles. The molecule has 0 aliphatic rings. The predicted octanol–water partition coefficient (Wildman–Crippen LogP) is 0.758. The molecule has 12 heavy (non-hydrogen) atoms. The summed E-state index contributed by atoms with van der Waals surface area (Å²) >= 11 is 1.23. The van der Waals surface area contributed by atoms with Crippen molar-refractivity contribution >= 4 is 27.7 Å². The van der Waals surface area contributed by atoms with E-state index in [1.165, 1.54) is 18.4 Å². The van der Waals surface area contributed by atoms with E-state index in [-0.39, 0.29) is 0 Å². The number of rotatable bonds is 2. The van der Waals surface area contributed by atoms with E-state index < -0.39 is 6.09 Å². The van der Waals surface area contributed by atoms with Gasteiger partial charge in [-0.3, -0.25) is 5.32 Å². The Hall–Kier alpha value is -1.37. The molecule has 0 radical (unpaired) electrons. The Morgan fingerprint density at radius 2 is 2.17 bits per heavy atom. The van der Waals surface area contributed by atoms with Crippen LogP contribution in [-0.4, -0.2) is 30.4 Å². The van der Waals surface area contributed by atoms with Gasteiger partial charge in [0.15, 0.2) is 0 Å². The van der Waals surface area contributed by atoms with E-state index in [4.69, 9.17) is 0 Å². The van der Waals surface area contributed by atoms with Gasteiger partial charge < -0.3 is 10.1 Å². The lowest BCUT2D eigenvalue weighted by molar-refractivity contribution is 0.187. The highest BCUT2D eigenvalue weighted by atomic mass is 32.1. The normalized spacial score (nSPS) is 9.17. The van der Waals surface area contributed by atoms with Crippen LogP contribution < -0.4 is 10.6 Å². The lowest BCUT2D eigenvalue weighted by Crippen LogP contribution is -2.10. The van der Waals surface area contributed by atoms with E-state index >= 15 is 0 Å². The summed E-state index contributed by atoms with van der Waals surface area (Å²) in [4.78, 5) is 10.7. The molecule has 0 atom stereocenters. The van der Waals surface area contributed by atoms with E-state index in [9.17, 15) is 4.79 Å². The highest BCUT2D eigenvalue weighted by Gasteiger charge is 2.05. The van der Waals surface area contributed by atoms with Gasteiger partial charge in [0, 0.05) is 7.05 Å². The van der Waals surface area contributed by atoms with Gasteiger partial charge in [0.1, 0.15) is 0 Å². The summed E-state index contributed by atoms with van der Waals surface area (Å²) in [5, 5.41) is 13.6. The molecule has 0 bridgehead atoms. The van der Waals surface area contributed by atoms with Crippen molar-refractivity contribution in [1.82, 2.24) is 10.2 Å². The third-order valence-electron chi connectivity index (χ3n) is 1.03. The number of ether oxygens (including phenoxy) is 1. The summed E-state index contributed by atoms with van der Waals surface area (Å²) in [6, 6.07) is 0. The summed E-state index contributed by atoms with van der Waals surface area (Å²) in [5.41, 5.74) is 0. The Morgan fingerprint density at radius 1 is 1.50 bits per heavy atom. The first-order chi connectivity index (χ1) is 5.76. The number of anilines is 2. The molecule has 0 spiro atoms. The molecule has 0 saturated carbocycles. The fraction of sp³-hybridized carbons (Fsp3) is 0.400. The van der Waals surface area contributed by atoms with Crippen molar-refractivity contribution in [3.63, 3.8) is 0 Å². The first-order valence-electron chi connectivity index (χ1n) is 3.12. The zero-order valence-corrected chi connectivity index (χ0v) is 7.44. The Balaban J connectivity index is 2.58. The van der Waals surface area contributed by atoms with Crippen LogP contribution in [0.5, 0.6) is 0 Å². The molecular formula is C5H8N4O2S. The van der Waals surface area contributed by atoms with E-state index in [2.05, 4.69) is 25.6 Å². The maximum Gasteiger partial charge on any atom is 0.413 e. The second kappa shape index (κ2) is 3.86. The molecule has 0 saturated heterocycles. The van der Waals surface area contributed by atoms with E-state index in [1.54, 1.807) is 7.05 Å². The minimum absolute atomic E-state index is 0.409. The number of methoxy groups -OCH3 is 1. The van der Waals surface area contributed by atoms with E-state index in [0.717, 1.165) is 0 Å². The highest BCUT2D eigenvalue weighted by Crippen LogP contribution is 2.18. The summed E-state index contributed by atoms with van der Waals surface area (Å²) in [7, 11) is 3.01. The van der Waals surface area contributed by atoms with Crippen LogP contribution in [0.1, 0.15) is 0 Å². The number of carbonyl (C=O) groups excluding carboxylic acids is 1. The molecule has 6 nitrogen and oxygen atoms in total. The SMILES string of the molecule is CNc1nnc(NC(=O)OC)s1. The summed E-state index contributed by atoms with van der Waals surface area (Å²) in [5.74, 6) is 0. The van der Waals surface area contributed by atoms with Crippen LogP contribution in [0, 0.1) is 0 Å². The Bertz CT molecular complexity index is 274. The van der Waals surface area contributed by atoms with E-state index in [0.29, 0.717) is 10.3 Å². The fourth-order valence-electron chi connectivity index (χ4n) is 0.513. The van der Waals surface area contributed by atoms with Gasteiger partial charge >= 0.3 is 6.09 Å². The smallest absolute Gasteiger partial charge is 0.413 e. The van der Waals surface area contributed by atoms with Gasteiger partial charge in [-0.15, -0.1) is 10.2 Å². The lowest BCUT2D eigenvalue weighted by atomic mass is 11.0. The molecule has 0 aliphatic heterocycles. The van der Waals surface area contributed by atoms with Crippen LogP contribution in [0.4, 0.5) is 15.1 Å². The van der Waals surface area contributed by atoms with Gasteiger partial charge in [-0.05, 0) is 0 Å². The minimum Gasteiger partial charge on any atom is -0.453 e. The maximum absolute atomic E-state index is 10.7. The number of carbonyl (C=O) groups is 1. The van der Waals surface area contributed by atoms with Crippen LogP contribution in [0.15, 0.2) is 0 Å². The van der Waals surface area contributed by atoms with E-state index in [1.807, 2.05) is 0 Å². The topological polar surface area (TPSA) is 76.1 Å². The Labute approximate surface area is 72.9 Å². The maximum atomic E-state index is 10.7. The summed E-state index contributed by atoms with van der Waals surface area (Å²) in [6.07, 6.45) is -0.547. The second-order valence-corrected chi connectivity index (χ2v) is 2.76. The molecule has 1 aromatic rings. The summed E-state index contributed by atoms with van der Waals surface area (Å²) < 4.78 is 4.37. The molecule has 2 N–H and O–H groups in total. The first-order valence-corrected chi connectivity index (χ1v) is 3.94. The van der Waals surface area contributed by atoms with Gasteiger partial charge in [-0.2, -0.15) is 0 Å². The quantitative estimate of drug-likeness (QED) is 0.716. The molecule has 7 heteroatoms. The van der Waals surface area contributed by atoms with Crippen LogP contribution in [-0.2, 0) is 4.74 Å². The number of hydrogen-bond donors (Lipinski definition) is 2. The van der Waals surface area contributed by atoms with Gasteiger partial charge in [-0.25, -0.2) is 4.79 Å². The van der Waals surface area contributed by atoms with Crippen LogP contribution in [0.2, 0.25) is 0 Å². The Kier molecular flexibility index (Phi) is 2.81. The second-order valence-electron chi connectivity index (χ2n) is 1.78. The largest absolute Gasteiger partial charge is 0.453 e. The third-order valence-corrected chi connectivity index (χ3v) is 1.89. The standard InChI is InChI=1S/C5H8N4O2S/c1-6-3-8-9-4(12-3)7-5(10)11-2/h1-2H3,(H,6,8)(H,7,9,10). The Morgan fingerprint density at radius 3 is 2.67 bits per heavy atom. The van der Waals surface area contributed by atoms with Crippen molar-refractivity contribution in [1.29, 1.82) is 0 Å². The number of amides is 1. The summed E-state index contributed by atoms with van der Waals surface area (Å²) in [6.45, 7) is 0. The zero-order chi connectivity index (χ0) is 8.97. The van der Waals surface area contributed by atoms with Crippen LogP contribution >= 0.6 is 11.3 Å². The van der Waals surface area contributed by atoms with Crippen molar-refractivity contribution in [3.05, 3.63) is 0 Å². The van der Waals surface area contributed by atoms with Crippen LogP contribution in [0.25, 0.3) is 0 Å². The van der Waals surface area contributed by atoms with Gasteiger partial charge in [-0.1, -0.05) is 11.3 Å². The molecule has 1 heterocycles. The molecular weight excluding hydrogens is 180 g/mol. The number of aromatic nitrogens is 2. The van der Waals surface area contributed by atoms with Crippen molar-refractivity contribution in [2.24, 2.45) is 0 Å². The average Bonchev–Trinajstić information content (AvgIpc) is 2.52. The fourth-order valence-corrected chi connectivity index (χ4v) is 1.10. The van der Waals surface area contributed by atoms with Gasteiger partial charge in [0.25, 0.3) is 0 Å². The molecule has 0 fully saturated rings. The third kappa shape index (κ3) is 2.06. The highest BCUT2D eigenvalue weighted by molar-refractivity contribution is 7.19. The van der Waals surface area contributed by atoms with Gasteiger partial charge in [0.05, 0.1) is 7.11 Å². The molecule has 66 valence electrons. The monoisotopic (exact) mass is 188 g/mol. The van der Waals surface area contributed by atoms with Crippen molar-refractivity contribution < 1.29 is 9.53 Å². The van der Waals surface area contributed by atoms with Crippen molar-refractivity contribution in [3.8, 4) is 0 Å². The molecule has 1 aromatic heterocycles. The minimum atomic E-state index is -0.547. The molecule has 0 aliphatic carbocycles. The number of hydrogen-bond acceptors (Lipinski definition) is 6. The predicted molar refractivity (Wildman–Crippen MR) is 45.5 cm³/mol. The van der Waals surface area contributed by atoms with Gasteiger partial charge in [0.2, 0.25) is 10.3 Å². The van der Waals surface area contributed by atoms with Crippen molar-refractivity contribution in [2.45, 2.75) is 0 Å². The molecule has 0 unspecified atom stereocenters. The van der Waals surface area contributed by atoms with Crippen LogP contribution in [0.3, 0.4) is 0 Å². The first kappa shape index (κ1) is 8.72. The number of nitrogens with one attached hydrogen (secondary N) is 2. The number of nitrogens with zero attached hydrogens (tertiary/aromatic N) is 2. The zero-order valence-electron chi connectivity index (χ0n) is 6.62. The van der Waals surface area contributed by atoms with Crippen molar-refractivity contribution in [2.75, 3.05) is 24.8 Å². The molecule has 1 rings (SSSR count). The lowest BCUT2D eigenvalue weighted by Gasteiger charge is -1.95. The average molecular weight is 188 g/mol.